The second-order valence-corrected chi connectivity index (χ2v) is 3.00. The minimum atomic E-state index is -1.01. The minimum Gasteiger partial charge on any atom is -0.244 e. The van der Waals surface area contributed by atoms with Gasteiger partial charge in [0.2, 0.25) is 0 Å². The second kappa shape index (κ2) is 4.03. The Morgan fingerprint density at radius 3 is 2.75 bits per heavy atom. The Kier molecular flexibility index (Phi) is 2.56. The molecule has 0 unspecified atom stereocenters. The molecule has 0 radical (unpaired) electrons. The molecule has 0 aliphatic rings. The molecule has 16 heavy (non-hydrogen) atoms. The number of halogens is 2. The fraction of sp³-hybridized carbons (Fsp3) is 0. The van der Waals surface area contributed by atoms with E-state index in [0.29, 0.717) is 0 Å². The minimum absolute atomic E-state index is 0.0134. The summed E-state index contributed by atoms with van der Waals surface area (Å²) in [6.45, 7) is 0. The topological polar surface area (TPSA) is 49.6 Å². The lowest BCUT2D eigenvalue weighted by Crippen LogP contribution is -1.94. The van der Waals surface area contributed by atoms with Crippen LogP contribution < -0.4 is 0 Å². The van der Waals surface area contributed by atoms with E-state index in [9.17, 15) is 8.78 Å². The van der Waals surface area contributed by atoms with Crippen LogP contribution in [0.15, 0.2) is 30.7 Å². The van der Waals surface area contributed by atoms with Crippen LogP contribution in [0.5, 0.6) is 0 Å². The van der Waals surface area contributed by atoms with Crippen molar-refractivity contribution in [1.82, 2.24) is 9.97 Å². The Labute approximate surface area is 90.0 Å². The van der Waals surface area contributed by atoms with Crippen molar-refractivity contribution in [3.63, 3.8) is 0 Å². The largest absolute Gasteiger partial charge is 0.244 e. The second-order valence-electron chi connectivity index (χ2n) is 3.00. The molecule has 0 aliphatic heterocycles. The fourth-order valence-corrected chi connectivity index (χ4v) is 1.33. The van der Waals surface area contributed by atoms with Crippen LogP contribution in [0, 0.1) is 23.0 Å². The van der Waals surface area contributed by atoms with Crippen molar-refractivity contribution in [2.45, 2.75) is 0 Å². The molecule has 0 saturated carbocycles. The Balaban J connectivity index is 2.69. The van der Waals surface area contributed by atoms with Crippen molar-refractivity contribution in [2.75, 3.05) is 0 Å². The lowest BCUT2D eigenvalue weighted by molar-refractivity contribution is 0.511. The van der Waals surface area contributed by atoms with Gasteiger partial charge in [-0.15, -0.1) is 0 Å². The van der Waals surface area contributed by atoms with Gasteiger partial charge in [-0.1, -0.05) is 12.1 Å². The van der Waals surface area contributed by atoms with Crippen molar-refractivity contribution >= 4 is 0 Å². The molecule has 2 aromatic rings. The quantitative estimate of drug-likeness (QED) is 0.736. The van der Waals surface area contributed by atoms with E-state index in [-0.39, 0.29) is 16.8 Å². The van der Waals surface area contributed by atoms with Crippen molar-refractivity contribution in [1.29, 1.82) is 5.26 Å². The molecule has 78 valence electrons. The summed E-state index contributed by atoms with van der Waals surface area (Å²) in [5, 5.41) is 8.78. The first kappa shape index (κ1) is 10.2. The van der Waals surface area contributed by atoms with Crippen LogP contribution in [-0.4, -0.2) is 9.97 Å². The molecule has 0 saturated heterocycles. The summed E-state index contributed by atoms with van der Waals surface area (Å²) >= 11 is 0. The van der Waals surface area contributed by atoms with E-state index in [1.807, 2.05) is 0 Å². The first-order chi connectivity index (χ1) is 7.74. The van der Waals surface area contributed by atoms with Gasteiger partial charge in [-0.25, -0.2) is 18.7 Å². The normalized spacial score (nSPS) is 9.81. The van der Waals surface area contributed by atoms with E-state index in [2.05, 4.69) is 9.97 Å². The summed E-state index contributed by atoms with van der Waals surface area (Å²) in [6.07, 6.45) is 2.46. The predicted octanol–water partition coefficient (Wildman–Crippen LogP) is 2.29. The third-order valence-electron chi connectivity index (χ3n) is 2.06. The van der Waals surface area contributed by atoms with Gasteiger partial charge in [0, 0.05) is 17.3 Å². The van der Waals surface area contributed by atoms with Crippen LogP contribution in [0.4, 0.5) is 8.78 Å². The highest BCUT2D eigenvalue weighted by Gasteiger charge is 2.13. The Morgan fingerprint density at radius 1 is 1.19 bits per heavy atom. The van der Waals surface area contributed by atoms with Crippen LogP contribution in [-0.2, 0) is 0 Å². The SMILES string of the molecule is N#Cc1ncncc1-c1cccc(F)c1F. The zero-order chi connectivity index (χ0) is 11.5. The molecule has 0 atom stereocenters. The van der Waals surface area contributed by atoms with Gasteiger partial charge in [0.25, 0.3) is 0 Å². The first-order valence-corrected chi connectivity index (χ1v) is 4.38. The summed E-state index contributed by atoms with van der Waals surface area (Å²) in [4.78, 5) is 7.37. The monoisotopic (exact) mass is 217 g/mol. The Hall–Kier alpha value is -2.35. The molecule has 0 aliphatic carbocycles. The lowest BCUT2D eigenvalue weighted by Gasteiger charge is -2.04. The highest BCUT2D eigenvalue weighted by atomic mass is 19.2. The van der Waals surface area contributed by atoms with E-state index in [4.69, 9.17) is 5.26 Å². The molecule has 1 heterocycles. The molecule has 1 aromatic heterocycles. The van der Waals surface area contributed by atoms with E-state index < -0.39 is 11.6 Å². The Morgan fingerprint density at radius 2 is 2.00 bits per heavy atom. The van der Waals surface area contributed by atoms with Crippen molar-refractivity contribution in [3.05, 3.63) is 48.1 Å². The molecule has 0 amide bonds. The fourth-order valence-electron chi connectivity index (χ4n) is 1.33. The molecule has 0 fully saturated rings. The van der Waals surface area contributed by atoms with Gasteiger partial charge in [-0.2, -0.15) is 5.26 Å². The molecule has 0 spiro atoms. The van der Waals surface area contributed by atoms with Gasteiger partial charge in [0.05, 0.1) is 0 Å². The number of rotatable bonds is 1. The molecule has 0 N–H and O–H groups in total. The van der Waals surface area contributed by atoms with Crippen LogP contribution in [0.3, 0.4) is 0 Å². The number of nitriles is 1. The highest BCUT2D eigenvalue weighted by Crippen LogP contribution is 2.25. The van der Waals surface area contributed by atoms with Gasteiger partial charge in [-0.05, 0) is 6.07 Å². The van der Waals surface area contributed by atoms with Crippen LogP contribution in [0.2, 0.25) is 0 Å². The predicted molar refractivity (Wildman–Crippen MR) is 52.1 cm³/mol. The molecule has 3 nitrogen and oxygen atoms in total. The first-order valence-electron chi connectivity index (χ1n) is 4.38. The molecule has 2 rings (SSSR count). The van der Waals surface area contributed by atoms with Crippen molar-refractivity contribution < 1.29 is 8.78 Å². The van der Waals surface area contributed by atoms with Gasteiger partial charge >= 0.3 is 0 Å². The molecule has 5 heteroatoms. The average molecular weight is 217 g/mol. The number of hydrogen-bond donors (Lipinski definition) is 0. The summed E-state index contributed by atoms with van der Waals surface area (Å²) in [5.74, 6) is -1.97. The van der Waals surface area contributed by atoms with E-state index in [0.717, 1.165) is 6.07 Å². The highest BCUT2D eigenvalue weighted by molar-refractivity contribution is 5.68. The number of hydrogen-bond acceptors (Lipinski definition) is 3. The maximum absolute atomic E-state index is 13.5. The molecular formula is C11H5F2N3. The third kappa shape index (κ3) is 1.61. The molecule has 1 aromatic carbocycles. The zero-order valence-electron chi connectivity index (χ0n) is 7.98. The van der Waals surface area contributed by atoms with Gasteiger partial charge < -0.3 is 0 Å². The van der Waals surface area contributed by atoms with Crippen LogP contribution in [0.25, 0.3) is 11.1 Å². The van der Waals surface area contributed by atoms with Crippen molar-refractivity contribution in [3.8, 4) is 17.2 Å². The summed E-state index contributed by atoms with van der Waals surface area (Å²) < 4.78 is 26.5. The number of aromatic nitrogens is 2. The average Bonchev–Trinajstić information content (AvgIpc) is 2.33. The lowest BCUT2D eigenvalue weighted by atomic mass is 10.1. The summed E-state index contributed by atoms with van der Waals surface area (Å²) in [5.41, 5.74) is 0.179. The third-order valence-corrected chi connectivity index (χ3v) is 2.06. The maximum atomic E-state index is 13.5. The molecule has 0 bridgehead atoms. The van der Waals surface area contributed by atoms with Gasteiger partial charge in [0.15, 0.2) is 17.3 Å². The van der Waals surface area contributed by atoms with Crippen molar-refractivity contribution in [2.24, 2.45) is 0 Å². The van der Waals surface area contributed by atoms with Crippen LogP contribution >= 0.6 is 0 Å². The smallest absolute Gasteiger partial charge is 0.166 e. The standard InChI is InChI=1S/C11H5F2N3/c12-9-3-1-2-7(11(9)13)8-5-15-6-16-10(8)4-14/h1-3,5-6H. The van der Waals surface area contributed by atoms with Gasteiger partial charge in [-0.3, -0.25) is 0 Å². The van der Waals surface area contributed by atoms with E-state index in [1.54, 1.807) is 6.07 Å². The number of benzene rings is 1. The zero-order valence-corrected chi connectivity index (χ0v) is 7.98. The van der Waals surface area contributed by atoms with Gasteiger partial charge in [0.1, 0.15) is 12.4 Å². The van der Waals surface area contributed by atoms with E-state index >= 15 is 0 Å². The number of nitrogens with zero attached hydrogens (tertiary/aromatic N) is 3. The van der Waals surface area contributed by atoms with E-state index in [1.165, 1.54) is 24.7 Å². The maximum Gasteiger partial charge on any atom is 0.166 e. The molecular weight excluding hydrogens is 212 g/mol. The van der Waals surface area contributed by atoms with Crippen LogP contribution in [0.1, 0.15) is 5.69 Å². The summed E-state index contributed by atoms with van der Waals surface area (Å²) in [6, 6.07) is 5.55. The summed E-state index contributed by atoms with van der Waals surface area (Å²) in [7, 11) is 0. The Bertz CT molecular complexity index is 576.